The lowest BCUT2D eigenvalue weighted by atomic mass is 10.2. The number of rotatable bonds is 3. The van der Waals surface area contributed by atoms with Gasteiger partial charge in [0.05, 0.1) is 0 Å². The van der Waals surface area contributed by atoms with Gasteiger partial charge in [-0.25, -0.2) is 0 Å². The van der Waals surface area contributed by atoms with Crippen molar-refractivity contribution in [3.05, 3.63) is 58.0 Å². The number of ether oxygens (including phenoxy) is 2. The van der Waals surface area contributed by atoms with Crippen LogP contribution in [-0.4, -0.2) is 12.7 Å². The number of carbonyl (C=O) groups is 1. The Balaban J connectivity index is 1.71. The highest BCUT2D eigenvalue weighted by atomic mass is 35.5. The van der Waals surface area contributed by atoms with Gasteiger partial charge in [-0.15, -0.1) is 0 Å². The van der Waals surface area contributed by atoms with Crippen LogP contribution < -0.4 is 19.5 Å². The van der Waals surface area contributed by atoms with Gasteiger partial charge in [0.2, 0.25) is 6.79 Å². The minimum Gasteiger partial charge on any atom is -0.618 e. The Labute approximate surface area is 125 Å². The second-order valence-electron chi connectivity index (χ2n) is 4.40. The van der Waals surface area contributed by atoms with Crippen molar-refractivity contribution in [3.8, 4) is 11.5 Å². The van der Waals surface area contributed by atoms with Crippen LogP contribution in [0.5, 0.6) is 11.5 Å². The summed E-state index contributed by atoms with van der Waals surface area (Å²) in [4.78, 5) is 12.0. The molecule has 1 amide bonds. The molecule has 0 spiro atoms. The summed E-state index contributed by atoms with van der Waals surface area (Å²) >= 11 is 5.86. The van der Waals surface area contributed by atoms with E-state index in [1.54, 1.807) is 12.1 Å². The van der Waals surface area contributed by atoms with Gasteiger partial charge < -0.3 is 20.0 Å². The molecule has 108 valence electrons. The lowest BCUT2D eigenvalue weighted by molar-refractivity contribution is -0.607. The third kappa shape index (κ3) is 2.71. The Bertz CT molecular complexity index is 685. The van der Waals surface area contributed by atoms with Crippen LogP contribution in [0.25, 0.3) is 0 Å². The average Bonchev–Trinajstić information content (AvgIpc) is 2.92. The Kier molecular flexibility index (Phi) is 3.53. The number of carbonyl (C=O) groups excluding carboxylic acids is 1. The maximum Gasteiger partial charge on any atom is 0.319 e. The number of fused-ring (bicyclic) bond motifs is 1. The number of benzene rings is 1. The van der Waals surface area contributed by atoms with Crippen molar-refractivity contribution in [2.45, 2.75) is 6.54 Å². The molecule has 1 aliphatic heterocycles. The molecule has 1 aliphatic rings. The van der Waals surface area contributed by atoms with Crippen LogP contribution in [0.4, 0.5) is 0 Å². The molecule has 6 nitrogen and oxygen atoms in total. The Hall–Kier alpha value is -2.47. The predicted octanol–water partition coefficient (Wildman–Crippen LogP) is 1.63. The van der Waals surface area contributed by atoms with Crippen molar-refractivity contribution >= 4 is 17.5 Å². The normalized spacial score (nSPS) is 12.2. The SMILES string of the molecule is O=C(NCc1ccc2c(c1)OCO2)c1c(Cl)ccc[n+]1[O-]. The standard InChI is InChI=1S/C14H11ClN2O4/c15-10-2-1-5-17(19)13(10)14(18)16-7-9-3-4-11-12(6-9)21-8-20-11/h1-6H,7-8H2,(H,16,18). The summed E-state index contributed by atoms with van der Waals surface area (Å²) in [6.45, 7) is 0.446. The zero-order valence-corrected chi connectivity index (χ0v) is 11.6. The van der Waals surface area contributed by atoms with Gasteiger partial charge in [-0.1, -0.05) is 17.7 Å². The first-order chi connectivity index (χ1) is 10.1. The monoisotopic (exact) mass is 306 g/mol. The van der Waals surface area contributed by atoms with Crippen molar-refractivity contribution in [3.63, 3.8) is 0 Å². The Morgan fingerprint density at radius 1 is 1.33 bits per heavy atom. The molecule has 0 radical (unpaired) electrons. The number of nitrogens with one attached hydrogen (secondary N) is 1. The molecule has 1 N–H and O–H groups in total. The predicted molar refractivity (Wildman–Crippen MR) is 74.1 cm³/mol. The van der Waals surface area contributed by atoms with E-state index in [0.717, 1.165) is 5.56 Å². The van der Waals surface area contributed by atoms with E-state index >= 15 is 0 Å². The topological polar surface area (TPSA) is 74.5 Å². The Morgan fingerprint density at radius 3 is 2.95 bits per heavy atom. The first-order valence-corrected chi connectivity index (χ1v) is 6.57. The fourth-order valence-electron chi connectivity index (χ4n) is 1.99. The molecule has 0 aliphatic carbocycles. The molecule has 2 aromatic rings. The van der Waals surface area contributed by atoms with Gasteiger partial charge in [-0.05, 0) is 23.8 Å². The molecule has 1 aromatic carbocycles. The van der Waals surface area contributed by atoms with E-state index in [1.807, 2.05) is 6.07 Å². The molecule has 7 heteroatoms. The molecule has 0 saturated carbocycles. The van der Waals surface area contributed by atoms with Crippen LogP contribution >= 0.6 is 11.6 Å². The van der Waals surface area contributed by atoms with Crippen molar-refractivity contribution in [1.82, 2.24) is 5.32 Å². The second-order valence-corrected chi connectivity index (χ2v) is 4.81. The molecule has 3 rings (SSSR count). The van der Waals surface area contributed by atoms with E-state index in [2.05, 4.69) is 5.32 Å². The number of aromatic nitrogens is 1. The number of amides is 1. The lowest BCUT2D eigenvalue weighted by Gasteiger charge is -2.07. The van der Waals surface area contributed by atoms with Crippen LogP contribution in [0.2, 0.25) is 5.02 Å². The average molecular weight is 307 g/mol. The van der Waals surface area contributed by atoms with E-state index in [0.29, 0.717) is 16.2 Å². The van der Waals surface area contributed by atoms with Crippen LogP contribution in [0.3, 0.4) is 0 Å². The van der Waals surface area contributed by atoms with Crippen molar-refractivity contribution in [1.29, 1.82) is 0 Å². The van der Waals surface area contributed by atoms with E-state index in [4.69, 9.17) is 21.1 Å². The lowest BCUT2D eigenvalue weighted by Crippen LogP contribution is -2.39. The number of nitrogens with zero attached hydrogens (tertiary/aromatic N) is 1. The van der Waals surface area contributed by atoms with Gasteiger partial charge >= 0.3 is 11.6 Å². The van der Waals surface area contributed by atoms with E-state index < -0.39 is 5.91 Å². The minimum atomic E-state index is -0.534. The molecule has 0 fully saturated rings. The smallest absolute Gasteiger partial charge is 0.319 e. The van der Waals surface area contributed by atoms with Gasteiger partial charge in [0.1, 0.15) is 5.02 Å². The van der Waals surface area contributed by atoms with Crippen molar-refractivity contribution in [2.75, 3.05) is 6.79 Å². The fourth-order valence-corrected chi connectivity index (χ4v) is 2.23. The maximum atomic E-state index is 12.0. The number of hydrogen-bond acceptors (Lipinski definition) is 4. The van der Waals surface area contributed by atoms with Crippen molar-refractivity contribution < 1.29 is 19.0 Å². The van der Waals surface area contributed by atoms with Crippen LogP contribution in [0.15, 0.2) is 36.5 Å². The summed E-state index contributed by atoms with van der Waals surface area (Å²) < 4.78 is 10.9. The molecular weight excluding hydrogens is 296 g/mol. The molecule has 2 heterocycles. The third-order valence-electron chi connectivity index (χ3n) is 3.02. The van der Waals surface area contributed by atoms with Crippen LogP contribution in [0, 0.1) is 5.21 Å². The van der Waals surface area contributed by atoms with E-state index in [-0.39, 0.29) is 24.1 Å². The second kappa shape index (κ2) is 5.49. The third-order valence-corrected chi connectivity index (χ3v) is 3.32. The Morgan fingerprint density at radius 2 is 2.14 bits per heavy atom. The number of halogens is 1. The summed E-state index contributed by atoms with van der Waals surface area (Å²) in [5.74, 6) is 0.778. The summed E-state index contributed by atoms with van der Waals surface area (Å²) in [6.07, 6.45) is 1.22. The van der Waals surface area contributed by atoms with E-state index in [9.17, 15) is 10.0 Å². The largest absolute Gasteiger partial charge is 0.618 e. The quantitative estimate of drug-likeness (QED) is 0.691. The van der Waals surface area contributed by atoms with Gasteiger partial charge in [0.15, 0.2) is 17.7 Å². The zero-order valence-electron chi connectivity index (χ0n) is 10.8. The highest BCUT2D eigenvalue weighted by Crippen LogP contribution is 2.32. The maximum absolute atomic E-state index is 12.0. The molecule has 21 heavy (non-hydrogen) atoms. The van der Waals surface area contributed by atoms with Gasteiger partial charge in [0.25, 0.3) is 0 Å². The molecule has 0 atom stereocenters. The van der Waals surface area contributed by atoms with Crippen LogP contribution in [0.1, 0.15) is 16.1 Å². The van der Waals surface area contributed by atoms with Crippen molar-refractivity contribution in [2.24, 2.45) is 0 Å². The molecule has 0 unspecified atom stereocenters. The summed E-state index contributed by atoms with van der Waals surface area (Å²) in [5, 5.41) is 14.3. The first-order valence-electron chi connectivity index (χ1n) is 6.19. The number of pyridine rings is 1. The highest BCUT2D eigenvalue weighted by Gasteiger charge is 2.20. The minimum absolute atomic E-state index is 0.107. The van der Waals surface area contributed by atoms with Gasteiger partial charge in [-0.2, -0.15) is 4.73 Å². The zero-order chi connectivity index (χ0) is 14.8. The van der Waals surface area contributed by atoms with E-state index in [1.165, 1.54) is 18.3 Å². The summed E-state index contributed by atoms with van der Waals surface area (Å²) in [7, 11) is 0. The van der Waals surface area contributed by atoms with Crippen LogP contribution in [-0.2, 0) is 6.54 Å². The molecular formula is C14H11ClN2O4. The molecule has 0 bridgehead atoms. The molecule has 0 saturated heterocycles. The van der Waals surface area contributed by atoms with Gasteiger partial charge in [-0.3, -0.25) is 4.79 Å². The first kappa shape index (κ1) is 13.5. The fraction of sp³-hybridized carbons (Fsp3) is 0.143. The number of hydrogen-bond donors (Lipinski definition) is 1. The summed E-state index contributed by atoms with van der Waals surface area (Å²) in [6, 6.07) is 8.33. The van der Waals surface area contributed by atoms with Gasteiger partial charge in [0, 0.05) is 12.6 Å². The highest BCUT2D eigenvalue weighted by molar-refractivity contribution is 6.33. The molecule has 1 aromatic heterocycles. The summed E-state index contributed by atoms with van der Waals surface area (Å²) in [5.41, 5.74) is 0.706.